The van der Waals surface area contributed by atoms with Crippen molar-refractivity contribution < 1.29 is 49.0 Å². The molecule has 0 aliphatic rings. The third-order valence-electron chi connectivity index (χ3n) is 7.40. The fourth-order valence-electron chi connectivity index (χ4n) is 4.86. The van der Waals surface area contributed by atoms with Gasteiger partial charge in [0.25, 0.3) is 0 Å². The molecule has 2 nitrogen and oxygen atoms in total. The molecule has 0 heterocycles. The van der Waals surface area contributed by atoms with Gasteiger partial charge < -0.3 is 9.47 Å². The molecule has 49 heavy (non-hydrogen) atoms. The molecule has 0 spiro atoms. The highest BCUT2D eigenvalue weighted by atomic mass is 19.3. The van der Waals surface area contributed by atoms with E-state index in [4.69, 9.17) is 4.74 Å². The Morgan fingerprint density at radius 1 is 0.612 bits per heavy atom. The van der Waals surface area contributed by atoms with E-state index in [1.165, 1.54) is 18.2 Å². The predicted octanol–water partition coefficient (Wildman–Crippen LogP) is 11.0. The first kappa shape index (κ1) is 35.0. The van der Waals surface area contributed by atoms with E-state index in [1.807, 2.05) is 0 Å². The summed E-state index contributed by atoms with van der Waals surface area (Å²) in [6.45, 7) is 4.37. The van der Waals surface area contributed by atoms with Gasteiger partial charge in [0.1, 0.15) is 40.3 Å². The van der Waals surface area contributed by atoms with Gasteiger partial charge >= 0.3 is 6.11 Å². The zero-order valence-electron chi connectivity index (χ0n) is 25.8. The van der Waals surface area contributed by atoms with Crippen molar-refractivity contribution in [1.82, 2.24) is 0 Å². The van der Waals surface area contributed by atoms with Crippen LogP contribution in [0.25, 0.3) is 22.3 Å². The predicted molar refractivity (Wildman–Crippen MR) is 166 cm³/mol. The number of unbranched alkanes of at least 4 members (excludes halogenated alkanes) is 1. The van der Waals surface area contributed by atoms with E-state index >= 15 is 8.78 Å². The second-order valence-electron chi connectivity index (χ2n) is 11.0. The molecule has 0 atom stereocenters. The molecule has 0 aliphatic heterocycles. The molecule has 0 fully saturated rings. The van der Waals surface area contributed by atoms with Crippen molar-refractivity contribution in [2.75, 3.05) is 6.61 Å². The number of benzene rings is 5. The van der Waals surface area contributed by atoms with Gasteiger partial charge in [0.05, 0.1) is 6.61 Å². The smallest absolute Gasteiger partial charge is 0.432 e. The third kappa shape index (κ3) is 7.86. The first-order valence-corrected chi connectivity index (χ1v) is 14.8. The molecular formula is C38H25F9O2. The second-order valence-corrected chi connectivity index (χ2v) is 11.0. The molecule has 0 aliphatic carbocycles. The average Bonchev–Trinajstić information content (AvgIpc) is 3.03. The Morgan fingerprint density at radius 3 is 1.84 bits per heavy atom. The molecule has 0 radical (unpaired) electrons. The summed E-state index contributed by atoms with van der Waals surface area (Å²) in [4.78, 5) is 0. The zero-order chi connectivity index (χ0) is 35.5. The van der Waals surface area contributed by atoms with Gasteiger partial charge in [-0.05, 0) is 84.6 Å². The Bertz CT molecular complexity index is 2030. The monoisotopic (exact) mass is 684 g/mol. The highest BCUT2D eigenvalue weighted by Gasteiger charge is 2.41. The lowest BCUT2D eigenvalue weighted by Crippen LogP contribution is -2.25. The van der Waals surface area contributed by atoms with Crippen LogP contribution in [0.5, 0.6) is 11.5 Å². The summed E-state index contributed by atoms with van der Waals surface area (Å²) in [6.07, 6.45) is -2.87. The topological polar surface area (TPSA) is 18.5 Å². The number of hydrogen-bond donors (Lipinski definition) is 0. The van der Waals surface area contributed by atoms with Crippen LogP contribution in [0.2, 0.25) is 0 Å². The SMILES string of the molecule is CCCCOc1ccc(C#Cc2cc(F)c(-c3ccc(-c4cc(F)c(C(F)(F)Oc5cc(F)c(F)c(F)c5)c(F)c4)c(F)c3)cc2C)cc1. The highest BCUT2D eigenvalue weighted by molar-refractivity contribution is 5.73. The van der Waals surface area contributed by atoms with Crippen LogP contribution in [0.15, 0.2) is 78.9 Å². The molecule has 0 bridgehead atoms. The van der Waals surface area contributed by atoms with Crippen LogP contribution in [-0.4, -0.2) is 6.61 Å². The minimum absolute atomic E-state index is 0.0141. The van der Waals surface area contributed by atoms with Crippen molar-refractivity contribution in [2.45, 2.75) is 32.8 Å². The van der Waals surface area contributed by atoms with Gasteiger partial charge in [0.2, 0.25) is 0 Å². The Morgan fingerprint density at radius 2 is 1.22 bits per heavy atom. The zero-order valence-corrected chi connectivity index (χ0v) is 25.8. The minimum Gasteiger partial charge on any atom is -0.494 e. The van der Waals surface area contributed by atoms with Crippen molar-refractivity contribution in [3.8, 4) is 45.6 Å². The normalized spacial score (nSPS) is 11.2. The average molecular weight is 685 g/mol. The quantitative estimate of drug-likeness (QED) is 0.0666. The Kier molecular flexibility index (Phi) is 10.3. The van der Waals surface area contributed by atoms with Crippen LogP contribution in [0.1, 0.15) is 42.0 Å². The Hall–Kier alpha value is -5.37. The van der Waals surface area contributed by atoms with Crippen LogP contribution in [0.4, 0.5) is 39.5 Å². The Balaban J connectivity index is 1.37. The largest absolute Gasteiger partial charge is 0.494 e. The minimum atomic E-state index is -4.81. The maximum atomic E-state index is 15.3. The van der Waals surface area contributed by atoms with Crippen LogP contribution in [0.3, 0.4) is 0 Å². The van der Waals surface area contributed by atoms with E-state index in [9.17, 15) is 30.7 Å². The van der Waals surface area contributed by atoms with E-state index in [0.717, 1.165) is 25.0 Å². The van der Waals surface area contributed by atoms with Crippen LogP contribution in [0, 0.1) is 59.5 Å². The fourth-order valence-corrected chi connectivity index (χ4v) is 4.86. The van der Waals surface area contributed by atoms with Gasteiger partial charge in [-0.15, -0.1) is 0 Å². The first-order valence-electron chi connectivity index (χ1n) is 14.8. The molecule has 5 aromatic carbocycles. The van der Waals surface area contributed by atoms with Gasteiger partial charge in [-0.25, -0.2) is 30.7 Å². The molecule has 5 rings (SSSR count). The summed E-state index contributed by atoms with van der Waals surface area (Å²) in [6, 6.07) is 14.1. The molecule has 0 unspecified atom stereocenters. The van der Waals surface area contributed by atoms with Crippen LogP contribution < -0.4 is 9.47 Å². The maximum absolute atomic E-state index is 15.3. The van der Waals surface area contributed by atoms with E-state index in [0.29, 0.717) is 41.2 Å². The molecule has 252 valence electrons. The van der Waals surface area contributed by atoms with E-state index in [2.05, 4.69) is 23.5 Å². The van der Waals surface area contributed by atoms with E-state index < -0.39 is 69.3 Å². The Labute approximate surface area is 275 Å². The van der Waals surface area contributed by atoms with Gasteiger partial charge in [-0.2, -0.15) is 8.78 Å². The lowest BCUT2D eigenvalue weighted by Gasteiger charge is -2.20. The number of hydrogen-bond acceptors (Lipinski definition) is 2. The number of halogens is 9. The van der Waals surface area contributed by atoms with Gasteiger partial charge in [0.15, 0.2) is 17.5 Å². The number of alkyl halides is 2. The summed E-state index contributed by atoms with van der Waals surface area (Å²) >= 11 is 0. The van der Waals surface area contributed by atoms with Crippen molar-refractivity contribution >= 4 is 0 Å². The van der Waals surface area contributed by atoms with Gasteiger partial charge in [0, 0.05) is 34.4 Å². The molecule has 0 N–H and O–H groups in total. The first-order chi connectivity index (χ1) is 23.3. The molecule has 5 aromatic rings. The molecular weight excluding hydrogens is 659 g/mol. The van der Waals surface area contributed by atoms with E-state index in [1.54, 1.807) is 31.2 Å². The third-order valence-corrected chi connectivity index (χ3v) is 7.40. The van der Waals surface area contributed by atoms with Crippen LogP contribution in [-0.2, 0) is 6.11 Å². The number of rotatable bonds is 9. The summed E-state index contributed by atoms with van der Waals surface area (Å²) in [7, 11) is 0. The summed E-state index contributed by atoms with van der Waals surface area (Å²) in [5, 5.41) is 0. The lowest BCUT2D eigenvalue weighted by atomic mass is 9.96. The number of ether oxygens (including phenoxy) is 2. The summed E-state index contributed by atoms with van der Waals surface area (Å²) in [5.41, 5.74) is -1.07. The van der Waals surface area contributed by atoms with Crippen molar-refractivity contribution in [3.05, 3.63) is 142 Å². The molecule has 0 amide bonds. The molecule has 0 aromatic heterocycles. The van der Waals surface area contributed by atoms with Gasteiger partial charge in [-0.3, -0.25) is 0 Å². The van der Waals surface area contributed by atoms with Crippen molar-refractivity contribution in [1.29, 1.82) is 0 Å². The standard InChI is InChI=1S/C38H25F9O2/c1-3-4-13-48-26-10-6-22(7-11-26)5-8-23-15-31(40)29(14-21(23)2)24-9-12-28(30(39)16-24)25-17-32(41)36(33(42)18-25)38(46,47)49-27-19-34(43)37(45)35(44)20-27/h6-7,9-12,14-20H,3-4,13H2,1-2H3. The summed E-state index contributed by atoms with van der Waals surface area (Å²) in [5.74, 6) is -5.86. The van der Waals surface area contributed by atoms with Crippen molar-refractivity contribution in [3.63, 3.8) is 0 Å². The maximum Gasteiger partial charge on any atom is 0.432 e. The van der Waals surface area contributed by atoms with E-state index in [-0.39, 0.29) is 23.3 Å². The lowest BCUT2D eigenvalue weighted by molar-refractivity contribution is -0.189. The van der Waals surface area contributed by atoms with Crippen LogP contribution >= 0.6 is 0 Å². The molecule has 0 saturated carbocycles. The second kappa shape index (κ2) is 14.4. The molecule has 11 heteroatoms. The molecule has 0 saturated heterocycles. The van der Waals surface area contributed by atoms with Crippen molar-refractivity contribution in [2.24, 2.45) is 0 Å². The van der Waals surface area contributed by atoms with Gasteiger partial charge in [-0.1, -0.05) is 37.3 Å². The fraction of sp³-hybridized carbons (Fsp3) is 0.158. The highest BCUT2D eigenvalue weighted by Crippen LogP contribution is 2.39. The number of aryl methyl sites for hydroxylation is 1. The summed E-state index contributed by atoms with van der Waals surface area (Å²) < 4.78 is 139.